The van der Waals surface area contributed by atoms with E-state index in [9.17, 15) is 9.59 Å². The van der Waals surface area contributed by atoms with Crippen molar-refractivity contribution in [2.45, 2.75) is 6.54 Å². The summed E-state index contributed by atoms with van der Waals surface area (Å²) in [5.41, 5.74) is 1.45. The van der Waals surface area contributed by atoms with Crippen LogP contribution in [0.3, 0.4) is 0 Å². The molecule has 0 aliphatic carbocycles. The minimum Gasteiger partial charge on any atom is -0.351 e. The van der Waals surface area contributed by atoms with Gasteiger partial charge in [0.25, 0.3) is 10.6 Å². The molecular formula is C17H14N4O2S. The molecule has 1 amide bonds. The van der Waals surface area contributed by atoms with Crippen LogP contribution in [-0.4, -0.2) is 27.0 Å². The van der Waals surface area contributed by atoms with Gasteiger partial charge in [-0.2, -0.15) is 0 Å². The molecule has 0 bridgehead atoms. The van der Waals surface area contributed by atoms with Crippen molar-refractivity contribution in [3.63, 3.8) is 0 Å². The topological polar surface area (TPSA) is 79.8 Å². The maximum Gasteiger partial charge on any atom is 0.261 e. The fourth-order valence-corrected chi connectivity index (χ4v) is 3.51. The lowest BCUT2D eigenvalue weighted by molar-refractivity contribution is 0.0956. The number of imidazole rings is 1. The van der Waals surface area contributed by atoms with Crippen molar-refractivity contribution in [1.82, 2.24) is 19.9 Å². The van der Waals surface area contributed by atoms with E-state index in [-0.39, 0.29) is 10.6 Å². The van der Waals surface area contributed by atoms with Gasteiger partial charge in [-0.3, -0.25) is 9.59 Å². The molecule has 120 valence electrons. The Balaban J connectivity index is 1.62. The number of nitrogens with zero attached hydrogens (tertiary/aromatic N) is 2. The Morgan fingerprint density at radius 3 is 3.00 bits per heavy atom. The Morgan fingerprint density at radius 1 is 1.29 bits per heavy atom. The molecule has 0 aliphatic heterocycles. The number of H-pyrrole nitrogens is 1. The van der Waals surface area contributed by atoms with Gasteiger partial charge in [0, 0.05) is 41.8 Å². The van der Waals surface area contributed by atoms with Crippen molar-refractivity contribution in [2.24, 2.45) is 0 Å². The summed E-state index contributed by atoms with van der Waals surface area (Å²) in [6.45, 7) is 1.11. The number of fused-ring (bicyclic) bond motifs is 3. The summed E-state index contributed by atoms with van der Waals surface area (Å²) in [7, 11) is 0. The molecule has 4 aromatic rings. The fourth-order valence-electron chi connectivity index (χ4n) is 2.70. The number of carbonyl (C=O) groups excluding carboxylic acids is 1. The highest BCUT2D eigenvalue weighted by Crippen LogP contribution is 2.25. The zero-order chi connectivity index (χ0) is 16.5. The number of para-hydroxylation sites is 1. The molecule has 3 heterocycles. The average Bonchev–Trinajstić information content (AvgIpc) is 3.22. The van der Waals surface area contributed by atoms with Gasteiger partial charge >= 0.3 is 0 Å². The predicted octanol–water partition coefficient (Wildman–Crippen LogP) is 2.37. The summed E-state index contributed by atoms with van der Waals surface area (Å²) in [6, 6.07) is 9.48. The van der Waals surface area contributed by atoms with Gasteiger partial charge in [0.1, 0.15) is 5.52 Å². The van der Waals surface area contributed by atoms with Crippen LogP contribution in [0.4, 0.5) is 0 Å². The zero-order valence-electron chi connectivity index (χ0n) is 12.7. The van der Waals surface area contributed by atoms with Gasteiger partial charge < -0.3 is 14.9 Å². The first-order valence-electron chi connectivity index (χ1n) is 7.51. The van der Waals surface area contributed by atoms with Gasteiger partial charge in [-0.05, 0) is 12.1 Å². The Morgan fingerprint density at radius 2 is 2.17 bits per heavy atom. The van der Waals surface area contributed by atoms with Crippen molar-refractivity contribution in [3.05, 3.63) is 63.5 Å². The second-order valence-electron chi connectivity index (χ2n) is 5.41. The van der Waals surface area contributed by atoms with Crippen LogP contribution in [0.25, 0.3) is 21.8 Å². The van der Waals surface area contributed by atoms with Crippen LogP contribution in [-0.2, 0) is 6.54 Å². The smallest absolute Gasteiger partial charge is 0.261 e. The maximum atomic E-state index is 12.4. The number of hydrogen-bond acceptors (Lipinski definition) is 4. The minimum absolute atomic E-state index is 0.136. The van der Waals surface area contributed by atoms with Crippen LogP contribution in [0.1, 0.15) is 9.67 Å². The average molecular weight is 338 g/mol. The molecule has 24 heavy (non-hydrogen) atoms. The lowest BCUT2D eigenvalue weighted by atomic mass is 10.2. The maximum absolute atomic E-state index is 12.4. The van der Waals surface area contributed by atoms with Gasteiger partial charge in [0.05, 0.1) is 11.2 Å². The number of aromatic amines is 1. The van der Waals surface area contributed by atoms with Crippen LogP contribution in [0, 0.1) is 0 Å². The summed E-state index contributed by atoms with van der Waals surface area (Å²) in [5, 5.41) is 4.58. The summed E-state index contributed by atoms with van der Waals surface area (Å²) < 4.78 is 1.74. The summed E-state index contributed by atoms with van der Waals surface area (Å²) in [4.78, 5) is 32.2. The molecule has 0 spiro atoms. The van der Waals surface area contributed by atoms with Gasteiger partial charge in [-0.15, -0.1) is 0 Å². The Bertz CT molecular complexity index is 1080. The molecule has 7 heteroatoms. The van der Waals surface area contributed by atoms with Crippen LogP contribution >= 0.6 is 11.3 Å². The Kier molecular flexibility index (Phi) is 3.62. The molecule has 2 N–H and O–H groups in total. The van der Waals surface area contributed by atoms with Crippen LogP contribution < -0.4 is 10.1 Å². The van der Waals surface area contributed by atoms with Crippen molar-refractivity contribution in [2.75, 3.05) is 6.54 Å². The Labute approximate surface area is 140 Å². The molecule has 6 nitrogen and oxygen atoms in total. The molecule has 0 unspecified atom stereocenters. The second kappa shape index (κ2) is 5.93. The summed E-state index contributed by atoms with van der Waals surface area (Å²) >= 11 is 0.960. The monoisotopic (exact) mass is 338 g/mol. The van der Waals surface area contributed by atoms with Crippen LogP contribution in [0.2, 0.25) is 0 Å². The van der Waals surface area contributed by atoms with E-state index in [2.05, 4.69) is 15.3 Å². The van der Waals surface area contributed by atoms with Gasteiger partial charge in [-0.25, -0.2) is 4.98 Å². The third-order valence-electron chi connectivity index (χ3n) is 3.87. The van der Waals surface area contributed by atoms with Crippen LogP contribution in [0.15, 0.2) is 53.8 Å². The first-order valence-corrected chi connectivity index (χ1v) is 8.32. The van der Waals surface area contributed by atoms with Crippen LogP contribution in [0.5, 0.6) is 0 Å². The Hall–Kier alpha value is -2.93. The van der Waals surface area contributed by atoms with Crippen molar-refractivity contribution in [3.8, 4) is 0 Å². The number of benzene rings is 1. The second-order valence-corrected chi connectivity index (χ2v) is 6.43. The van der Waals surface area contributed by atoms with Crippen molar-refractivity contribution >= 4 is 39.0 Å². The molecule has 4 rings (SSSR count). The van der Waals surface area contributed by atoms with E-state index in [1.807, 2.05) is 35.0 Å². The van der Waals surface area contributed by atoms with E-state index in [0.717, 1.165) is 27.6 Å². The number of carbonyl (C=O) groups is 1. The first-order chi connectivity index (χ1) is 11.7. The van der Waals surface area contributed by atoms with E-state index < -0.39 is 0 Å². The molecule has 0 atom stereocenters. The molecule has 1 aromatic carbocycles. The highest BCUT2D eigenvalue weighted by Gasteiger charge is 2.13. The molecule has 0 saturated carbocycles. The fraction of sp³-hybridized carbons (Fsp3) is 0.118. The van der Waals surface area contributed by atoms with Gasteiger partial charge in [0.2, 0.25) is 0 Å². The van der Waals surface area contributed by atoms with Crippen molar-refractivity contribution < 1.29 is 4.79 Å². The zero-order valence-corrected chi connectivity index (χ0v) is 13.5. The number of nitrogens with one attached hydrogen (secondary N) is 2. The number of amides is 1. The quantitative estimate of drug-likeness (QED) is 0.599. The molecule has 0 radical (unpaired) electrons. The lowest BCUT2D eigenvalue weighted by Crippen LogP contribution is -2.27. The first kappa shape index (κ1) is 14.6. The third kappa shape index (κ3) is 2.59. The largest absolute Gasteiger partial charge is 0.351 e. The highest BCUT2D eigenvalue weighted by molar-refractivity contribution is 7.12. The van der Waals surface area contributed by atoms with Gasteiger partial charge in [-0.1, -0.05) is 29.5 Å². The van der Waals surface area contributed by atoms with E-state index in [4.69, 9.17) is 0 Å². The number of hydrogen-bond donors (Lipinski definition) is 2. The summed E-state index contributed by atoms with van der Waals surface area (Å²) in [5.74, 6) is -0.232. The summed E-state index contributed by atoms with van der Waals surface area (Å²) in [6.07, 6.45) is 5.23. The van der Waals surface area contributed by atoms with E-state index in [1.54, 1.807) is 18.6 Å². The molecule has 0 aliphatic rings. The SMILES string of the molecule is O=C(NCCn1ccnc1)c1cc2c([nH]c3ccccc32)c(=O)s1. The van der Waals surface area contributed by atoms with Crippen molar-refractivity contribution in [1.29, 1.82) is 0 Å². The number of rotatable bonds is 4. The molecule has 3 aromatic heterocycles. The van der Waals surface area contributed by atoms with E-state index in [0.29, 0.717) is 23.5 Å². The van der Waals surface area contributed by atoms with E-state index >= 15 is 0 Å². The third-order valence-corrected chi connectivity index (χ3v) is 4.78. The van der Waals surface area contributed by atoms with Gasteiger partial charge in [0.15, 0.2) is 0 Å². The predicted molar refractivity (Wildman–Crippen MR) is 94.5 cm³/mol. The highest BCUT2D eigenvalue weighted by atomic mass is 32.1. The molecule has 0 saturated heterocycles. The lowest BCUT2D eigenvalue weighted by Gasteiger charge is -2.05. The molecule has 0 fully saturated rings. The standard InChI is InChI=1S/C17H14N4O2S/c22-16(19-6-8-21-7-5-18-10-21)14-9-12-11-3-1-2-4-13(11)20-15(12)17(23)24-14/h1-5,7,9-10,20H,6,8H2,(H,19,22). The molecular weight excluding hydrogens is 324 g/mol. The number of aromatic nitrogens is 3. The normalized spacial score (nSPS) is 11.2. The minimum atomic E-state index is -0.232. The van der Waals surface area contributed by atoms with E-state index in [1.165, 1.54) is 0 Å².